The number of hydrogen-bond donors (Lipinski definition) is 0. The van der Waals surface area contributed by atoms with Crippen LogP contribution >= 0.6 is 11.6 Å². The number of hydrogen-bond acceptors (Lipinski definition) is 1. The maximum absolute atomic E-state index is 6.15. The molecule has 2 rings (SSSR count). The summed E-state index contributed by atoms with van der Waals surface area (Å²) in [5.41, 5.74) is 2.66. The predicted octanol–water partition coefficient (Wildman–Crippen LogP) is 4.01. The van der Waals surface area contributed by atoms with Crippen molar-refractivity contribution >= 4 is 11.6 Å². The molecule has 15 heavy (non-hydrogen) atoms. The average molecular weight is 225 g/mol. The number of rotatable bonds is 4. The van der Waals surface area contributed by atoms with Gasteiger partial charge in [-0.1, -0.05) is 24.9 Å². The number of fused-ring (bicyclic) bond motifs is 1. The van der Waals surface area contributed by atoms with Crippen LogP contribution in [0, 0.1) is 0 Å². The van der Waals surface area contributed by atoms with E-state index in [9.17, 15) is 0 Å². The van der Waals surface area contributed by atoms with E-state index in [1.165, 1.54) is 24.0 Å². The highest BCUT2D eigenvalue weighted by atomic mass is 35.5. The van der Waals surface area contributed by atoms with Crippen LogP contribution in [-0.4, -0.2) is 6.61 Å². The molecule has 0 radical (unpaired) electrons. The van der Waals surface area contributed by atoms with E-state index in [4.69, 9.17) is 16.3 Å². The molecule has 0 saturated carbocycles. The Morgan fingerprint density at radius 1 is 1.27 bits per heavy atom. The van der Waals surface area contributed by atoms with Crippen LogP contribution in [0.2, 0.25) is 5.02 Å². The summed E-state index contributed by atoms with van der Waals surface area (Å²) in [6, 6.07) is 3.98. The average Bonchev–Trinajstić information content (AvgIpc) is 2.71. The van der Waals surface area contributed by atoms with Crippen LogP contribution in [0.25, 0.3) is 0 Å². The Labute approximate surface area is 96.4 Å². The standard InChI is InChI=1S/C13H17ClO/c1-2-3-9-15-13-8-7-12(14)10-5-4-6-11(10)13/h7-8H,2-6,9H2,1H3. The molecule has 0 aromatic heterocycles. The number of benzene rings is 1. The largest absolute Gasteiger partial charge is 0.493 e. The first-order valence-electron chi connectivity index (χ1n) is 5.76. The normalized spacial score (nSPS) is 14.0. The third-order valence-electron chi connectivity index (χ3n) is 2.94. The summed E-state index contributed by atoms with van der Waals surface area (Å²) >= 11 is 6.15. The smallest absolute Gasteiger partial charge is 0.122 e. The summed E-state index contributed by atoms with van der Waals surface area (Å²) in [4.78, 5) is 0. The van der Waals surface area contributed by atoms with Crippen LogP contribution in [0.4, 0.5) is 0 Å². The van der Waals surface area contributed by atoms with E-state index in [0.29, 0.717) is 0 Å². The molecule has 1 aromatic rings. The fourth-order valence-electron chi connectivity index (χ4n) is 2.09. The quantitative estimate of drug-likeness (QED) is 0.703. The molecule has 82 valence electrons. The second-order valence-corrected chi connectivity index (χ2v) is 4.47. The fourth-order valence-corrected chi connectivity index (χ4v) is 2.36. The van der Waals surface area contributed by atoms with Crippen molar-refractivity contribution in [2.45, 2.75) is 39.0 Å². The third-order valence-corrected chi connectivity index (χ3v) is 3.29. The summed E-state index contributed by atoms with van der Waals surface area (Å²) in [5.74, 6) is 1.06. The molecular formula is C13H17ClO. The summed E-state index contributed by atoms with van der Waals surface area (Å²) in [5, 5.41) is 0.908. The van der Waals surface area contributed by atoms with Crippen molar-refractivity contribution in [3.63, 3.8) is 0 Å². The lowest BCUT2D eigenvalue weighted by molar-refractivity contribution is 0.306. The lowest BCUT2D eigenvalue weighted by Gasteiger charge is -2.11. The number of ether oxygens (including phenoxy) is 1. The van der Waals surface area contributed by atoms with Gasteiger partial charge in [0.05, 0.1) is 6.61 Å². The van der Waals surface area contributed by atoms with Gasteiger partial charge < -0.3 is 4.74 Å². The zero-order valence-corrected chi connectivity index (χ0v) is 9.94. The van der Waals surface area contributed by atoms with Gasteiger partial charge in [-0.15, -0.1) is 0 Å². The van der Waals surface area contributed by atoms with E-state index in [1.54, 1.807) is 0 Å². The second-order valence-electron chi connectivity index (χ2n) is 4.06. The van der Waals surface area contributed by atoms with Gasteiger partial charge in [0.1, 0.15) is 5.75 Å². The second kappa shape index (κ2) is 4.89. The maximum atomic E-state index is 6.15. The molecule has 1 nitrogen and oxygen atoms in total. The molecule has 0 atom stereocenters. The van der Waals surface area contributed by atoms with Crippen LogP contribution in [0.1, 0.15) is 37.3 Å². The molecule has 0 bridgehead atoms. The van der Waals surface area contributed by atoms with Crippen molar-refractivity contribution in [1.82, 2.24) is 0 Å². The minimum absolute atomic E-state index is 0.824. The van der Waals surface area contributed by atoms with Gasteiger partial charge in [0.2, 0.25) is 0 Å². The van der Waals surface area contributed by atoms with E-state index in [1.807, 2.05) is 12.1 Å². The Bertz CT molecular complexity index is 347. The molecule has 0 N–H and O–H groups in total. The Morgan fingerprint density at radius 2 is 2.07 bits per heavy atom. The van der Waals surface area contributed by atoms with Crippen molar-refractivity contribution in [3.05, 3.63) is 28.3 Å². The monoisotopic (exact) mass is 224 g/mol. The van der Waals surface area contributed by atoms with Gasteiger partial charge >= 0.3 is 0 Å². The predicted molar refractivity (Wildman–Crippen MR) is 63.9 cm³/mol. The van der Waals surface area contributed by atoms with E-state index in [-0.39, 0.29) is 0 Å². The van der Waals surface area contributed by atoms with Crippen LogP contribution in [-0.2, 0) is 12.8 Å². The Hall–Kier alpha value is -0.690. The zero-order valence-electron chi connectivity index (χ0n) is 9.18. The van der Waals surface area contributed by atoms with Gasteiger partial charge in [-0.05, 0) is 48.9 Å². The highest BCUT2D eigenvalue weighted by Crippen LogP contribution is 2.35. The highest BCUT2D eigenvalue weighted by Gasteiger charge is 2.18. The zero-order chi connectivity index (χ0) is 10.7. The molecule has 0 unspecified atom stereocenters. The van der Waals surface area contributed by atoms with Crippen LogP contribution in [0.3, 0.4) is 0 Å². The molecule has 0 heterocycles. The molecule has 0 aliphatic heterocycles. The topological polar surface area (TPSA) is 9.23 Å². The number of unbranched alkanes of at least 4 members (excludes halogenated alkanes) is 1. The summed E-state index contributed by atoms with van der Waals surface area (Å²) in [6.45, 7) is 3.00. The molecule has 0 fully saturated rings. The van der Waals surface area contributed by atoms with Crippen molar-refractivity contribution in [1.29, 1.82) is 0 Å². The summed E-state index contributed by atoms with van der Waals surface area (Å²) in [7, 11) is 0. The molecular weight excluding hydrogens is 208 g/mol. The van der Waals surface area contributed by atoms with Crippen molar-refractivity contribution < 1.29 is 4.74 Å². The molecule has 0 spiro atoms. The van der Waals surface area contributed by atoms with Gasteiger partial charge in [-0.25, -0.2) is 0 Å². The highest BCUT2D eigenvalue weighted by molar-refractivity contribution is 6.31. The van der Waals surface area contributed by atoms with Gasteiger partial charge in [0.15, 0.2) is 0 Å². The minimum atomic E-state index is 0.824. The molecule has 1 aromatic carbocycles. The molecule has 1 aliphatic carbocycles. The molecule has 0 saturated heterocycles. The van der Waals surface area contributed by atoms with Crippen molar-refractivity contribution in [2.75, 3.05) is 6.61 Å². The summed E-state index contributed by atoms with van der Waals surface area (Å²) in [6.07, 6.45) is 5.74. The first kappa shape index (κ1) is 10.8. The summed E-state index contributed by atoms with van der Waals surface area (Å²) < 4.78 is 5.79. The lowest BCUT2D eigenvalue weighted by atomic mass is 10.1. The molecule has 1 aliphatic rings. The van der Waals surface area contributed by atoms with Gasteiger partial charge in [0, 0.05) is 5.02 Å². The maximum Gasteiger partial charge on any atom is 0.122 e. The Kier molecular flexibility index (Phi) is 3.53. The van der Waals surface area contributed by atoms with E-state index < -0.39 is 0 Å². The van der Waals surface area contributed by atoms with Crippen LogP contribution in [0.15, 0.2) is 12.1 Å². The van der Waals surface area contributed by atoms with Crippen LogP contribution in [0.5, 0.6) is 5.75 Å². The molecule has 0 amide bonds. The van der Waals surface area contributed by atoms with E-state index in [2.05, 4.69) is 6.92 Å². The van der Waals surface area contributed by atoms with Gasteiger partial charge in [-0.3, -0.25) is 0 Å². The van der Waals surface area contributed by atoms with Crippen molar-refractivity contribution in [2.24, 2.45) is 0 Å². The van der Waals surface area contributed by atoms with Crippen LogP contribution < -0.4 is 4.74 Å². The van der Waals surface area contributed by atoms with Gasteiger partial charge in [-0.2, -0.15) is 0 Å². The molecule has 2 heteroatoms. The Morgan fingerprint density at radius 3 is 2.87 bits per heavy atom. The lowest BCUT2D eigenvalue weighted by Crippen LogP contribution is -1.99. The first-order chi connectivity index (χ1) is 7.33. The minimum Gasteiger partial charge on any atom is -0.493 e. The van der Waals surface area contributed by atoms with E-state index in [0.717, 1.165) is 36.6 Å². The first-order valence-corrected chi connectivity index (χ1v) is 6.13. The number of halogens is 1. The fraction of sp³-hybridized carbons (Fsp3) is 0.538. The van der Waals surface area contributed by atoms with Gasteiger partial charge in [0.25, 0.3) is 0 Å². The SMILES string of the molecule is CCCCOc1ccc(Cl)c2c1CCC2. The van der Waals surface area contributed by atoms with E-state index >= 15 is 0 Å². The van der Waals surface area contributed by atoms with Crippen molar-refractivity contribution in [3.8, 4) is 5.75 Å². The third kappa shape index (κ3) is 2.28. The Balaban J connectivity index is 2.15.